The van der Waals surface area contributed by atoms with Gasteiger partial charge in [0, 0.05) is 17.6 Å². The first kappa shape index (κ1) is 32.0. The third-order valence-corrected chi connectivity index (χ3v) is 8.89. The Morgan fingerprint density at radius 3 is 2.22 bits per heavy atom. The molecule has 2 atom stereocenters. The van der Waals surface area contributed by atoms with E-state index in [-0.39, 0.29) is 39.8 Å². The normalized spacial score (nSPS) is 12.7. The van der Waals surface area contributed by atoms with E-state index in [9.17, 15) is 18.0 Å². The lowest BCUT2D eigenvalue weighted by atomic mass is 10.1. The molecule has 0 spiro atoms. The fraction of sp³-hybridized carbons (Fsp3) is 0.355. The minimum atomic E-state index is -4.24. The first-order chi connectivity index (χ1) is 19.5. The molecule has 0 aliphatic carbocycles. The Morgan fingerprint density at radius 1 is 0.976 bits per heavy atom. The maximum Gasteiger partial charge on any atom is 0.264 e. The van der Waals surface area contributed by atoms with Crippen LogP contribution < -0.4 is 14.4 Å². The van der Waals surface area contributed by atoms with Gasteiger partial charge in [0.25, 0.3) is 10.0 Å². The third kappa shape index (κ3) is 8.01. The van der Waals surface area contributed by atoms with Gasteiger partial charge in [-0.05, 0) is 62.6 Å². The molecule has 0 saturated heterocycles. The standard InChI is InChI=1S/C31H38ClN3O5S/c1-6-23(4)33-31(37)27(7-2)34(20-24-15-13-22(3)14-16-24)30(36)21-35(28-19-25(32)17-18-29(28)40-5)41(38,39)26-11-9-8-10-12-26/h8-19,23,27H,6-7,20-21H2,1-5H3,(H,33,37). The zero-order valence-corrected chi connectivity index (χ0v) is 25.7. The van der Waals surface area contributed by atoms with Crippen molar-refractivity contribution in [1.29, 1.82) is 0 Å². The summed E-state index contributed by atoms with van der Waals surface area (Å²) in [6, 6.07) is 19.2. The average Bonchev–Trinajstić information content (AvgIpc) is 2.96. The van der Waals surface area contributed by atoms with Crippen LogP contribution in [-0.4, -0.2) is 50.9 Å². The van der Waals surface area contributed by atoms with Crippen molar-refractivity contribution in [2.75, 3.05) is 18.0 Å². The number of benzene rings is 3. The number of amides is 2. The highest BCUT2D eigenvalue weighted by Gasteiger charge is 2.35. The van der Waals surface area contributed by atoms with Gasteiger partial charge in [0.1, 0.15) is 18.3 Å². The van der Waals surface area contributed by atoms with Gasteiger partial charge in [0.05, 0.1) is 17.7 Å². The summed E-state index contributed by atoms with van der Waals surface area (Å²) in [5.74, 6) is -0.605. The molecule has 0 fully saturated rings. The number of halogens is 1. The SMILES string of the molecule is CCC(C)NC(=O)C(CC)N(Cc1ccc(C)cc1)C(=O)CN(c1cc(Cl)ccc1OC)S(=O)(=O)c1ccccc1. The number of aryl methyl sites for hydroxylation is 1. The summed E-state index contributed by atoms with van der Waals surface area (Å²) >= 11 is 6.28. The predicted octanol–water partition coefficient (Wildman–Crippen LogP) is 5.57. The predicted molar refractivity (Wildman–Crippen MR) is 163 cm³/mol. The molecule has 0 saturated carbocycles. The average molecular weight is 600 g/mol. The maximum atomic E-state index is 14.2. The summed E-state index contributed by atoms with van der Waals surface area (Å²) in [4.78, 5) is 29.0. The molecule has 0 radical (unpaired) electrons. The summed E-state index contributed by atoms with van der Waals surface area (Å²) < 4.78 is 34.5. The topological polar surface area (TPSA) is 96.0 Å². The van der Waals surface area contributed by atoms with Crippen molar-refractivity contribution in [2.45, 2.75) is 64.1 Å². The van der Waals surface area contributed by atoms with Crippen molar-refractivity contribution < 1.29 is 22.7 Å². The molecule has 0 bridgehead atoms. The molecule has 3 rings (SSSR count). The van der Waals surface area contributed by atoms with E-state index in [1.807, 2.05) is 52.0 Å². The molecule has 10 heteroatoms. The Hall–Kier alpha value is -3.56. The first-order valence-corrected chi connectivity index (χ1v) is 15.4. The minimum absolute atomic E-state index is 0.00136. The molecule has 1 N–H and O–H groups in total. The van der Waals surface area contributed by atoms with Gasteiger partial charge in [0.2, 0.25) is 11.8 Å². The second-order valence-electron chi connectivity index (χ2n) is 9.89. The summed E-state index contributed by atoms with van der Waals surface area (Å²) in [7, 11) is -2.82. The summed E-state index contributed by atoms with van der Waals surface area (Å²) in [5.41, 5.74) is 1.99. The number of carbonyl (C=O) groups is 2. The Labute approximate surface area is 248 Å². The zero-order chi connectivity index (χ0) is 30.2. The summed E-state index contributed by atoms with van der Waals surface area (Å²) in [6.07, 6.45) is 1.07. The maximum absolute atomic E-state index is 14.2. The molecule has 0 heterocycles. The van der Waals surface area contributed by atoms with Gasteiger partial charge in [-0.25, -0.2) is 8.42 Å². The summed E-state index contributed by atoms with van der Waals surface area (Å²) in [5, 5.41) is 3.25. The molecule has 3 aromatic rings. The number of nitrogens with one attached hydrogen (secondary N) is 1. The van der Waals surface area contributed by atoms with Crippen molar-refractivity contribution in [3.8, 4) is 5.75 Å². The Morgan fingerprint density at radius 2 is 1.63 bits per heavy atom. The highest BCUT2D eigenvalue weighted by Crippen LogP contribution is 2.35. The van der Waals surface area contributed by atoms with Gasteiger partial charge in [0.15, 0.2) is 0 Å². The van der Waals surface area contributed by atoms with E-state index in [1.165, 1.54) is 30.2 Å². The number of carbonyl (C=O) groups excluding carboxylic acids is 2. The Kier molecular flexibility index (Phi) is 11.2. The van der Waals surface area contributed by atoms with Crippen LogP contribution >= 0.6 is 11.6 Å². The van der Waals surface area contributed by atoms with Gasteiger partial charge in [-0.1, -0.05) is 73.5 Å². The summed E-state index contributed by atoms with van der Waals surface area (Å²) in [6.45, 7) is 7.20. The molecule has 2 amide bonds. The fourth-order valence-electron chi connectivity index (χ4n) is 4.34. The second-order valence-corrected chi connectivity index (χ2v) is 12.2. The van der Waals surface area contributed by atoms with Gasteiger partial charge in [-0.3, -0.25) is 13.9 Å². The molecule has 2 unspecified atom stereocenters. The number of hydrogen-bond donors (Lipinski definition) is 1. The van der Waals surface area contributed by atoms with Crippen LogP contribution in [0.25, 0.3) is 0 Å². The molecule has 220 valence electrons. The highest BCUT2D eigenvalue weighted by molar-refractivity contribution is 7.92. The van der Waals surface area contributed by atoms with Crippen LogP contribution in [-0.2, 0) is 26.2 Å². The Balaban J connectivity index is 2.11. The van der Waals surface area contributed by atoms with Crippen LogP contribution in [0.1, 0.15) is 44.7 Å². The van der Waals surface area contributed by atoms with E-state index < -0.39 is 28.5 Å². The first-order valence-electron chi connectivity index (χ1n) is 13.6. The largest absolute Gasteiger partial charge is 0.495 e. The van der Waals surface area contributed by atoms with Gasteiger partial charge >= 0.3 is 0 Å². The lowest BCUT2D eigenvalue weighted by molar-refractivity contribution is -0.140. The van der Waals surface area contributed by atoms with Gasteiger partial charge < -0.3 is 15.0 Å². The van der Waals surface area contributed by atoms with Gasteiger partial charge in [-0.15, -0.1) is 0 Å². The van der Waals surface area contributed by atoms with Crippen LogP contribution in [0.4, 0.5) is 5.69 Å². The lowest BCUT2D eigenvalue weighted by Gasteiger charge is -2.34. The number of rotatable bonds is 13. The minimum Gasteiger partial charge on any atom is -0.495 e. The molecule has 0 aliphatic heterocycles. The van der Waals surface area contributed by atoms with Crippen LogP contribution in [0.5, 0.6) is 5.75 Å². The number of hydrogen-bond acceptors (Lipinski definition) is 5. The number of methoxy groups -OCH3 is 1. The smallest absolute Gasteiger partial charge is 0.264 e. The van der Waals surface area contributed by atoms with Crippen molar-refractivity contribution in [2.24, 2.45) is 0 Å². The molecular formula is C31H38ClN3O5S. The van der Waals surface area contributed by atoms with Gasteiger partial charge in [-0.2, -0.15) is 0 Å². The number of ether oxygens (including phenoxy) is 1. The fourth-order valence-corrected chi connectivity index (χ4v) is 5.95. The molecule has 0 aliphatic rings. The molecule has 41 heavy (non-hydrogen) atoms. The van der Waals surface area contributed by atoms with Crippen LogP contribution in [0.3, 0.4) is 0 Å². The van der Waals surface area contributed by atoms with E-state index >= 15 is 0 Å². The second kappa shape index (κ2) is 14.4. The van der Waals surface area contributed by atoms with Crippen LogP contribution in [0.15, 0.2) is 77.7 Å². The molecule has 0 aromatic heterocycles. The number of sulfonamides is 1. The van der Waals surface area contributed by atoms with Crippen molar-refractivity contribution in [3.63, 3.8) is 0 Å². The molecule has 3 aromatic carbocycles. The third-order valence-electron chi connectivity index (χ3n) is 6.88. The van der Waals surface area contributed by atoms with Crippen LogP contribution in [0, 0.1) is 6.92 Å². The molecule has 8 nitrogen and oxygen atoms in total. The van der Waals surface area contributed by atoms with E-state index in [0.29, 0.717) is 6.42 Å². The number of anilines is 1. The monoisotopic (exact) mass is 599 g/mol. The van der Waals surface area contributed by atoms with E-state index in [1.54, 1.807) is 30.3 Å². The zero-order valence-electron chi connectivity index (χ0n) is 24.1. The highest BCUT2D eigenvalue weighted by atomic mass is 35.5. The van der Waals surface area contributed by atoms with Crippen molar-refractivity contribution >= 4 is 39.1 Å². The molecular weight excluding hydrogens is 562 g/mol. The van der Waals surface area contributed by atoms with E-state index in [2.05, 4.69) is 5.32 Å². The van der Waals surface area contributed by atoms with Crippen molar-refractivity contribution in [3.05, 3.63) is 88.9 Å². The Bertz CT molecular complexity index is 1430. The number of nitrogens with zero attached hydrogens (tertiary/aromatic N) is 2. The van der Waals surface area contributed by atoms with Crippen molar-refractivity contribution in [1.82, 2.24) is 10.2 Å². The van der Waals surface area contributed by atoms with E-state index in [0.717, 1.165) is 21.9 Å². The quantitative estimate of drug-likeness (QED) is 0.277. The van der Waals surface area contributed by atoms with E-state index in [4.69, 9.17) is 16.3 Å². The lowest BCUT2D eigenvalue weighted by Crippen LogP contribution is -2.53. The van der Waals surface area contributed by atoms with Crippen LogP contribution in [0.2, 0.25) is 5.02 Å².